The van der Waals surface area contributed by atoms with Gasteiger partial charge in [-0.05, 0) is 12.1 Å². The van der Waals surface area contributed by atoms with Crippen molar-refractivity contribution in [3.8, 4) is 0 Å². The summed E-state index contributed by atoms with van der Waals surface area (Å²) in [4.78, 5) is 22.5. The number of hydrogen-bond acceptors (Lipinski definition) is 4. The van der Waals surface area contributed by atoms with Gasteiger partial charge in [0.15, 0.2) is 0 Å². The zero-order chi connectivity index (χ0) is 17.1. The highest BCUT2D eigenvalue weighted by Gasteiger charge is 2.18. The summed E-state index contributed by atoms with van der Waals surface area (Å²) in [5, 5.41) is 15.9. The highest BCUT2D eigenvalue weighted by Crippen LogP contribution is 2.19. The number of para-hydroxylation sites is 2. The Bertz CT molecular complexity index is 959. The predicted molar refractivity (Wildman–Crippen MR) is 91.1 cm³/mol. The molecule has 3 rings (SSSR count). The second-order valence-corrected chi connectivity index (χ2v) is 5.19. The van der Waals surface area contributed by atoms with E-state index < -0.39 is 10.8 Å². The summed E-state index contributed by atoms with van der Waals surface area (Å²) >= 11 is 0. The second-order valence-electron chi connectivity index (χ2n) is 5.19. The van der Waals surface area contributed by atoms with E-state index >= 15 is 0 Å². The minimum Gasteiger partial charge on any atom is -0.350 e. The Morgan fingerprint density at radius 2 is 1.92 bits per heavy atom. The van der Waals surface area contributed by atoms with Crippen LogP contribution >= 0.6 is 0 Å². The highest BCUT2D eigenvalue weighted by atomic mass is 16.6. The van der Waals surface area contributed by atoms with Crippen molar-refractivity contribution < 1.29 is 9.72 Å². The maximum absolute atomic E-state index is 12.1. The van der Waals surface area contributed by atoms with Crippen molar-refractivity contribution in [1.29, 1.82) is 0 Å². The van der Waals surface area contributed by atoms with Crippen LogP contribution in [0.15, 0.2) is 59.8 Å². The van der Waals surface area contributed by atoms with Crippen LogP contribution in [0, 0.1) is 10.1 Å². The molecule has 0 unspecified atom stereocenters. The maximum Gasteiger partial charge on any atom is 0.282 e. The van der Waals surface area contributed by atoms with Crippen LogP contribution in [-0.2, 0) is 7.05 Å². The van der Waals surface area contributed by atoms with E-state index in [-0.39, 0.29) is 11.3 Å². The van der Waals surface area contributed by atoms with E-state index in [0.29, 0.717) is 0 Å². The first kappa shape index (κ1) is 15.4. The van der Waals surface area contributed by atoms with Crippen molar-refractivity contribution in [3.05, 3.63) is 76.0 Å². The first-order valence-electron chi connectivity index (χ1n) is 7.19. The summed E-state index contributed by atoms with van der Waals surface area (Å²) in [6, 6.07) is 13.6. The normalized spacial score (nSPS) is 11.0. The molecule has 0 atom stereocenters. The smallest absolute Gasteiger partial charge is 0.282 e. The molecule has 0 spiro atoms. The van der Waals surface area contributed by atoms with Gasteiger partial charge in [-0.1, -0.05) is 30.3 Å². The van der Waals surface area contributed by atoms with E-state index in [1.807, 2.05) is 42.1 Å². The number of nitrogens with one attached hydrogen (secondary N) is 1. The molecule has 24 heavy (non-hydrogen) atoms. The number of nitrogens with zero attached hydrogens (tertiary/aromatic N) is 3. The van der Waals surface area contributed by atoms with Gasteiger partial charge >= 0.3 is 0 Å². The molecular weight excluding hydrogens is 308 g/mol. The molecule has 1 aromatic heterocycles. The van der Waals surface area contributed by atoms with Crippen LogP contribution in [0.25, 0.3) is 10.9 Å². The zero-order valence-corrected chi connectivity index (χ0v) is 12.8. The Kier molecular flexibility index (Phi) is 4.07. The van der Waals surface area contributed by atoms with E-state index in [0.717, 1.165) is 16.5 Å². The van der Waals surface area contributed by atoms with Gasteiger partial charge in [-0.15, -0.1) is 0 Å². The van der Waals surface area contributed by atoms with Gasteiger partial charge in [0.1, 0.15) is 5.56 Å². The van der Waals surface area contributed by atoms with Gasteiger partial charge < -0.3 is 4.57 Å². The van der Waals surface area contributed by atoms with E-state index in [1.165, 1.54) is 24.4 Å². The zero-order valence-electron chi connectivity index (χ0n) is 12.8. The lowest BCUT2D eigenvalue weighted by atomic mass is 10.2. The number of nitro groups is 1. The van der Waals surface area contributed by atoms with Crippen LogP contribution in [0.4, 0.5) is 5.69 Å². The fraction of sp³-hybridized carbons (Fsp3) is 0.0588. The average Bonchev–Trinajstić information content (AvgIpc) is 2.91. The Morgan fingerprint density at radius 3 is 2.71 bits per heavy atom. The highest BCUT2D eigenvalue weighted by molar-refractivity contribution is 6.01. The molecule has 1 N–H and O–H groups in total. The number of hydrazone groups is 1. The third-order valence-corrected chi connectivity index (χ3v) is 3.64. The molecule has 0 radical (unpaired) electrons. The third-order valence-electron chi connectivity index (χ3n) is 3.64. The number of aryl methyl sites for hydroxylation is 1. The van der Waals surface area contributed by atoms with Crippen molar-refractivity contribution >= 4 is 28.7 Å². The molecule has 7 nitrogen and oxygen atoms in total. The molecule has 0 bridgehead atoms. The average molecular weight is 322 g/mol. The molecule has 0 aliphatic rings. The van der Waals surface area contributed by atoms with Gasteiger partial charge in [0.25, 0.3) is 11.6 Å². The van der Waals surface area contributed by atoms with Crippen LogP contribution in [0.1, 0.15) is 15.9 Å². The van der Waals surface area contributed by atoms with Crippen LogP contribution in [0.5, 0.6) is 0 Å². The molecule has 1 heterocycles. The number of carbonyl (C=O) groups excluding carboxylic acids is 1. The Hall–Kier alpha value is -3.48. The number of benzene rings is 2. The molecule has 3 aromatic rings. The first-order valence-corrected chi connectivity index (χ1v) is 7.19. The number of rotatable bonds is 4. The summed E-state index contributed by atoms with van der Waals surface area (Å²) < 4.78 is 1.96. The second kappa shape index (κ2) is 6.33. The van der Waals surface area contributed by atoms with E-state index in [1.54, 1.807) is 6.07 Å². The molecule has 0 saturated carbocycles. The number of aromatic nitrogens is 1. The van der Waals surface area contributed by atoms with Crippen molar-refractivity contribution in [1.82, 2.24) is 9.99 Å². The standard InChI is InChI=1S/C17H14N4O3/c1-20-11-12(13-6-2-4-8-15(13)20)10-18-19-17(22)14-7-3-5-9-16(14)21(23)24/h2-11H,1H3,(H,19,22)/b18-10-. The SMILES string of the molecule is Cn1cc(/C=N\NC(=O)c2ccccc2[N+](=O)[O-])c2ccccc21. The number of nitro benzene ring substituents is 1. The Morgan fingerprint density at radius 1 is 1.21 bits per heavy atom. The molecule has 1 amide bonds. The van der Waals surface area contributed by atoms with Crippen LogP contribution in [0.3, 0.4) is 0 Å². The largest absolute Gasteiger partial charge is 0.350 e. The fourth-order valence-electron chi connectivity index (χ4n) is 2.52. The van der Waals surface area contributed by atoms with Crippen molar-refractivity contribution in [2.75, 3.05) is 0 Å². The van der Waals surface area contributed by atoms with E-state index in [4.69, 9.17) is 0 Å². The molecule has 7 heteroatoms. The maximum atomic E-state index is 12.1. The third kappa shape index (κ3) is 2.87. The predicted octanol–water partition coefficient (Wildman–Crippen LogP) is 2.85. The molecule has 0 saturated heterocycles. The summed E-state index contributed by atoms with van der Waals surface area (Å²) in [5.74, 6) is -0.626. The molecular formula is C17H14N4O3. The minimum atomic E-state index is -0.626. The quantitative estimate of drug-likeness (QED) is 0.455. The fourth-order valence-corrected chi connectivity index (χ4v) is 2.52. The van der Waals surface area contributed by atoms with E-state index in [2.05, 4.69) is 10.5 Å². The van der Waals surface area contributed by atoms with Gasteiger partial charge in [0.2, 0.25) is 0 Å². The van der Waals surface area contributed by atoms with Gasteiger partial charge in [-0.2, -0.15) is 5.10 Å². The summed E-state index contributed by atoms with van der Waals surface area (Å²) in [6.45, 7) is 0. The van der Waals surface area contributed by atoms with Crippen molar-refractivity contribution in [2.45, 2.75) is 0 Å². The number of carbonyl (C=O) groups is 1. The van der Waals surface area contributed by atoms with E-state index in [9.17, 15) is 14.9 Å². The van der Waals surface area contributed by atoms with Gasteiger partial charge in [-0.25, -0.2) is 5.43 Å². The summed E-state index contributed by atoms with van der Waals surface area (Å²) in [5.41, 5.74) is 3.94. The summed E-state index contributed by atoms with van der Waals surface area (Å²) in [7, 11) is 1.92. The van der Waals surface area contributed by atoms with Gasteiger partial charge in [0.05, 0.1) is 11.1 Å². The summed E-state index contributed by atoms with van der Waals surface area (Å²) in [6.07, 6.45) is 3.42. The molecule has 120 valence electrons. The minimum absolute atomic E-state index is 0.0300. The Balaban J connectivity index is 1.81. The lowest BCUT2D eigenvalue weighted by Crippen LogP contribution is -2.18. The lowest BCUT2D eigenvalue weighted by molar-refractivity contribution is -0.385. The van der Waals surface area contributed by atoms with Gasteiger partial charge in [0, 0.05) is 35.8 Å². The number of amides is 1. The van der Waals surface area contributed by atoms with Crippen LogP contribution in [0.2, 0.25) is 0 Å². The monoisotopic (exact) mass is 322 g/mol. The van der Waals surface area contributed by atoms with Gasteiger partial charge in [-0.3, -0.25) is 14.9 Å². The Labute approximate surface area is 137 Å². The molecule has 0 aliphatic carbocycles. The van der Waals surface area contributed by atoms with Crippen LogP contribution in [-0.4, -0.2) is 21.6 Å². The molecule has 0 fully saturated rings. The topological polar surface area (TPSA) is 89.5 Å². The van der Waals surface area contributed by atoms with Crippen molar-refractivity contribution in [3.63, 3.8) is 0 Å². The number of hydrogen-bond donors (Lipinski definition) is 1. The van der Waals surface area contributed by atoms with Crippen molar-refractivity contribution in [2.24, 2.45) is 12.1 Å². The number of fused-ring (bicyclic) bond motifs is 1. The lowest BCUT2D eigenvalue weighted by Gasteiger charge is -2.00. The molecule has 2 aromatic carbocycles. The first-order chi connectivity index (χ1) is 11.6. The van der Waals surface area contributed by atoms with Crippen LogP contribution < -0.4 is 5.43 Å². The molecule has 0 aliphatic heterocycles.